The third-order valence-corrected chi connectivity index (χ3v) is 17.3. The minimum atomic E-state index is -4.51. The van der Waals surface area contributed by atoms with E-state index < -0.39 is 44.7 Å². The Morgan fingerprint density at radius 3 is 1.76 bits per heavy atom. The van der Waals surface area contributed by atoms with Crippen LogP contribution >= 0.6 is 0 Å². The standard InChI is InChI=1S/C15H8F6.C13H9.C13H21.2ClH.Zr/c16-14(17,18)12-5-1-10(2-6-12)9-11-3-7-13(8-4-11)15(19,20)21;1-3-7-12-10(5-1)9-11-6-2-4-8-13(11)12;1-5-6-7-11-8-9-12(10-11)13(2,3)4;;;/h1-8H;1-5,7-8H,9H2;9-11H,5-7H2,1-4H3;2*1H;/q;;;;;+2/p-2. The molecule has 0 bridgehead atoms. The Kier molecular flexibility index (Phi) is 12.4. The maximum atomic E-state index is 13.8. The zero-order chi connectivity index (χ0) is 34.4. The topological polar surface area (TPSA) is 0 Å². The summed E-state index contributed by atoms with van der Waals surface area (Å²) in [5.74, 6) is 0.145. The maximum Gasteiger partial charge on any atom is -1.00 e. The quantitative estimate of drug-likeness (QED) is 0.191. The summed E-state index contributed by atoms with van der Waals surface area (Å²) in [6.45, 7) is 8.72. The molecule has 0 spiro atoms. The van der Waals surface area contributed by atoms with E-state index in [1.54, 1.807) is 0 Å². The smallest absolute Gasteiger partial charge is 1.00 e. The van der Waals surface area contributed by atoms with Crippen molar-refractivity contribution in [2.24, 2.45) is 11.3 Å². The first-order valence-corrected chi connectivity index (χ1v) is 20.1. The number of hydrogen-bond acceptors (Lipinski definition) is 0. The second-order valence-corrected chi connectivity index (χ2v) is 19.6. The molecule has 0 nitrogen and oxygen atoms in total. The molecule has 0 saturated heterocycles. The zero-order valence-corrected chi connectivity index (χ0v) is 32.2. The second kappa shape index (κ2) is 15.5. The van der Waals surface area contributed by atoms with Crippen LogP contribution < -0.4 is 28.1 Å². The van der Waals surface area contributed by atoms with Crippen molar-refractivity contribution in [3.05, 3.63) is 145 Å². The van der Waals surface area contributed by atoms with Crippen LogP contribution in [-0.4, -0.2) is 3.21 Å². The van der Waals surface area contributed by atoms with E-state index in [1.807, 2.05) is 12.1 Å². The molecule has 9 heteroatoms. The Hall–Kier alpha value is -2.73. The number of alkyl halides is 6. The molecule has 6 rings (SSSR count). The first-order valence-electron chi connectivity index (χ1n) is 16.4. The van der Waals surface area contributed by atoms with Crippen molar-refractivity contribution >= 4 is 6.48 Å². The minimum Gasteiger partial charge on any atom is -1.00 e. The number of allylic oxidation sites excluding steroid dienone is 4. The fourth-order valence-electron chi connectivity index (χ4n) is 6.95. The molecule has 0 radical (unpaired) electrons. The van der Waals surface area contributed by atoms with Gasteiger partial charge in [-0.3, -0.25) is 0 Å². The van der Waals surface area contributed by atoms with Crippen LogP contribution in [-0.2, 0) is 40.0 Å². The molecule has 0 saturated carbocycles. The summed E-state index contributed by atoms with van der Waals surface area (Å²) < 4.78 is 86.0. The average Bonchev–Trinajstić information content (AvgIpc) is 3.64. The molecule has 0 heterocycles. The molecule has 50 heavy (non-hydrogen) atoms. The maximum absolute atomic E-state index is 13.8. The number of unbranched alkanes of at least 4 members (excludes halogenated alkanes) is 1. The third-order valence-electron chi connectivity index (χ3n) is 9.49. The van der Waals surface area contributed by atoms with Gasteiger partial charge in [-0.15, -0.1) is 0 Å². The summed E-state index contributed by atoms with van der Waals surface area (Å²) in [6.07, 6.45) is -0.589. The van der Waals surface area contributed by atoms with E-state index >= 15 is 0 Å². The van der Waals surface area contributed by atoms with E-state index in [-0.39, 0.29) is 36.1 Å². The summed E-state index contributed by atoms with van der Waals surface area (Å²) >= 11 is -3.43. The first kappa shape index (κ1) is 40.0. The van der Waals surface area contributed by atoms with Crippen LogP contribution in [0.5, 0.6) is 0 Å². The van der Waals surface area contributed by atoms with Crippen LogP contribution in [0.3, 0.4) is 0 Å². The Morgan fingerprint density at radius 1 is 0.700 bits per heavy atom. The predicted octanol–water partition coefficient (Wildman–Crippen LogP) is 5.49. The molecular weight excluding hydrogens is 769 g/mol. The summed E-state index contributed by atoms with van der Waals surface area (Å²) in [7, 11) is 0. The monoisotopic (exact) mass is 804 g/mol. The fourth-order valence-corrected chi connectivity index (χ4v) is 15.5. The van der Waals surface area contributed by atoms with Crippen molar-refractivity contribution in [1.29, 1.82) is 0 Å². The molecule has 2 aliphatic rings. The van der Waals surface area contributed by atoms with Gasteiger partial charge >= 0.3 is 288 Å². The van der Waals surface area contributed by atoms with Gasteiger partial charge in [0.05, 0.1) is 0 Å². The summed E-state index contributed by atoms with van der Waals surface area (Å²) in [5.41, 5.74) is 5.65. The van der Waals surface area contributed by atoms with Gasteiger partial charge in [0, 0.05) is 0 Å². The number of benzene rings is 4. The zero-order valence-electron chi connectivity index (χ0n) is 28.2. The van der Waals surface area contributed by atoms with Gasteiger partial charge in [0.15, 0.2) is 0 Å². The Bertz CT molecular complexity index is 1870. The second-order valence-electron chi connectivity index (χ2n) is 13.8. The van der Waals surface area contributed by atoms with Crippen molar-refractivity contribution in [2.45, 2.75) is 65.7 Å². The van der Waals surface area contributed by atoms with Crippen molar-refractivity contribution < 1.29 is 72.4 Å². The van der Waals surface area contributed by atoms with Gasteiger partial charge in [0.1, 0.15) is 0 Å². The van der Waals surface area contributed by atoms with Gasteiger partial charge in [0.2, 0.25) is 0 Å². The van der Waals surface area contributed by atoms with Gasteiger partial charge in [-0.2, -0.15) is 0 Å². The molecule has 0 aromatic heterocycles. The van der Waals surface area contributed by atoms with Gasteiger partial charge in [0.25, 0.3) is 0 Å². The minimum absolute atomic E-state index is 0. The van der Waals surface area contributed by atoms with Crippen LogP contribution in [0.4, 0.5) is 26.3 Å². The fraction of sp³-hybridized carbons (Fsp3) is 0.293. The predicted molar refractivity (Wildman–Crippen MR) is 179 cm³/mol. The van der Waals surface area contributed by atoms with E-state index in [9.17, 15) is 26.3 Å². The van der Waals surface area contributed by atoms with E-state index in [1.165, 1.54) is 53.1 Å². The normalized spacial score (nSPS) is 15.1. The van der Waals surface area contributed by atoms with E-state index in [0.717, 1.165) is 58.7 Å². The largest absolute Gasteiger partial charge is 1.00 e. The Balaban J connectivity index is 0.00000281. The van der Waals surface area contributed by atoms with E-state index in [2.05, 4.69) is 70.2 Å². The van der Waals surface area contributed by atoms with E-state index in [0.29, 0.717) is 11.1 Å². The van der Waals surface area contributed by atoms with Gasteiger partial charge in [-0.1, -0.05) is 0 Å². The van der Waals surface area contributed by atoms with Gasteiger partial charge < -0.3 is 24.8 Å². The van der Waals surface area contributed by atoms with Crippen molar-refractivity contribution in [3.63, 3.8) is 0 Å². The van der Waals surface area contributed by atoms with Crippen LogP contribution in [0.2, 0.25) is 0 Å². The third kappa shape index (κ3) is 8.16. The molecule has 1 unspecified atom stereocenters. The molecule has 262 valence electrons. The van der Waals surface area contributed by atoms with Crippen LogP contribution in [0.25, 0.3) is 11.1 Å². The molecule has 0 fully saturated rings. The van der Waals surface area contributed by atoms with Gasteiger partial charge in [-0.05, 0) is 0 Å². The van der Waals surface area contributed by atoms with Gasteiger partial charge in [-0.25, -0.2) is 0 Å². The molecule has 0 aliphatic heterocycles. The Morgan fingerprint density at radius 2 is 1.24 bits per heavy atom. The molecule has 1 atom stereocenters. The van der Waals surface area contributed by atoms with Crippen LogP contribution in [0.15, 0.2) is 112 Å². The van der Waals surface area contributed by atoms with Crippen LogP contribution in [0.1, 0.15) is 80.3 Å². The molecule has 4 aromatic carbocycles. The average molecular weight is 807 g/mol. The molecule has 0 amide bonds. The Labute approximate surface area is 310 Å². The summed E-state index contributed by atoms with van der Waals surface area (Å²) in [4.78, 5) is 0. The molecule has 0 N–H and O–H groups in total. The molecule has 2 aliphatic carbocycles. The molecular formula is C41H38Cl2F6Zr. The number of fused-ring (bicyclic) bond motifs is 3. The molecule has 4 aromatic rings. The van der Waals surface area contributed by atoms with Crippen LogP contribution in [0, 0.1) is 11.3 Å². The van der Waals surface area contributed by atoms with Crippen molar-refractivity contribution in [3.8, 4) is 11.1 Å². The van der Waals surface area contributed by atoms with E-state index in [4.69, 9.17) is 0 Å². The summed E-state index contributed by atoms with van der Waals surface area (Å²) in [5, 5.41) is 0. The number of hydrogen-bond donors (Lipinski definition) is 0. The SMILES string of the molecule is CCCCC1C=C(C(C)(C)C)C=[C]1[Zr+2](=[C](c1ccc(C(F)(F)F)cc1)c1ccc(C(F)(F)F)cc1)[c]1cccc2c1Cc1ccccc1-2.[Cl-].[Cl-]. The van der Waals surface area contributed by atoms with Crippen molar-refractivity contribution in [2.75, 3.05) is 0 Å². The first-order chi connectivity index (χ1) is 22.7. The number of halogens is 8. The summed E-state index contributed by atoms with van der Waals surface area (Å²) in [6, 6.07) is 25.2. The number of rotatable bonds is 7. The van der Waals surface area contributed by atoms with Crippen molar-refractivity contribution in [1.82, 2.24) is 0 Å².